The van der Waals surface area contributed by atoms with Crippen LogP contribution in [0.1, 0.15) is 272 Å². The van der Waals surface area contributed by atoms with Crippen molar-refractivity contribution in [1.29, 1.82) is 0 Å². The second kappa shape index (κ2) is 40.9. The summed E-state index contributed by atoms with van der Waals surface area (Å²) in [6, 6.07) is 0. The Balaban J connectivity index is 5.34. The van der Waals surface area contributed by atoms with Crippen molar-refractivity contribution in [2.24, 2.45) is 0 Å². The molecule has 0 rings (SSSR count). The van der Waals surface area contributed by atoms with Gasteiger partial charge in [-0.2, -0.15) is 0 Å². The predicted octanol–water partition coefficient (Wildman–Crippen LogP) is 15.5. The van der Waals surface area contributed by atoms with Crippen molar-refractivity contribution in [1.82, 2.24) is 0 Å². The van der Waals surface area contributed by atoms with E-state index in [1.54, 1.807) is 0 Å². The third-order valence-electron chi connectivity index (χ3n) is 10.6. The number of hydrogen-bond acceptors (Lipinski definition) is 6. The van der Waals surface area contributed by atoms with Crippen LogP contribution in [0.3, 0.4) is 0 Å². The Morgan fingerprint density at radius 1 is 0.283 bits per heavy atom. The molecule has 0 atom stereocenters. The van der Waals surface area contributed by atoms with Gasteiger partial charge >= 0.3 is 316 Å². The van der Waals surface area contributed by atoms with E-state index in [0.29, 0.717) is 4.44 Å². The number of carbonyl (C=O) groups is 3. The van der Waals surface area contributed by atoms with Crippen molar-refractivity contribution in [3.05, 3.63) is 0 Å². The Bertz CT molecular complexity index is 730. The minimum Gasteiger partial charge on any atom is -0.0654 e. The van der Waals surface area contributed by atoms with E-state index < -0.39 is 19.6 Å². The van der Waals surface area contributed by atoms with E-state index in [4.69, 9.17) is 9.22 Å². The van der Waals surface area contributed by atoms with Gasteiger partial charge in [-0.1, -0.05) is 20.8 Å². The molecular weight excluding hydrogens is 767 g/mol. The summed E-state index contributed by atoms with van der Waals surface area (Å²) in [5.41, 5.74) is 0. The first-order valence-electron chi connectivity index (χ1n) is 23.6. The van der Waals surface area contributed by atoms with Gasteiger partial charge in [-0.05, 0) is 0 Å². The summed E-state index contributed by atoms with van der Waals surface area (Å²) in [4.78, 5) is 40.1. The number of rotatable bonds is 42. The van der Waals surface area contributed by atoms with Gasteiger partial charge in [0.05, 0.1) is 0 Å². The van der Waals surface area contributed by atoms with Gasteiger partial charge in [0.15, 0.2) is 0 Å². The van der Waals surface area contributed by atoms with Crippen molar-refractivity contribution in [3.8, 4) is 0 Å². The second-order valence-electron chi connectivity index (χ2n) is 16.1. The molecule has 53 heavy (non-hydrogen) atoms. The molecule has 0 aromatic rings. The molecule has 0 aliphatic heterocycles. The molecule has 0 bridgehead atoms. The van der Waals surface area contributed by atoms with Crippen LogP contribution < -0.4 is 0 Å². The molecule has 0 spiro atoms. The minimum absolute atomic E-state index is 0.289. The molecule has 0 saturated carbocycles. The van der Waals surface area contributed by atoms with Gasteiger partial charge < -0.3 is 0 Å². The van der Waals surface area contributed by atoms with Gasteiger partial charge in [0.1, 0.15) is 0 Å². The number of carbonyl (C=O) groups excluding carboxylic acids is 3. The first-order chi connectivity index (χ1) is 25.9. The molecule has 0 aliphatic carbocycles. The average molecular weight is 858 g/mol. The molecule has 0 aromatic carbocycles. The van der Waals surface area contributed by atoms with Crippen LogP contribution in [0, 0.1) is 0 Å². The zero-order valence-electron chi connectivity index (χ0n) is 36.0. The summed E-state index contributed by atoms with van der Waals surface area (Å²) in [7, 11) is 0. The van der Waals surface area contributed by atoms with Crippen molar-refractivity contribution in [3.63, 3.8) is 0 Å². The third kappa shape index (κ3) is 36.6. The molecule has 7 heteroatoms. The van der Waals surface area contributed by atoms with E-state index in [1.807, 2.05) is 0 Å². The van der Waals surface area contributed by atoms with E-state index >= 15 is 0 Å². The SMILES string of the molecule is CCCCCCCCCCCC(=O)[O][Sn]([CH2]CCCCCCCCC)([O]C(=O)CCCCCCCCCCC)[O]C(=O)CCCCCCCCCCC. The molecular formula is C46H90O6Sn. The molecule has 0 aliphatic rings. The Hall–Kier alpha value is -0.791. The van der Waals surface area contributed by atoms with Crippen LogP contribution in [0.4, 0.5) is 0 Å². The van der Waals surface area contributed by atoms with Crippen molar-refractivity contribution in [2.75, 3.05) is 0 Å². The monoisotopic (exact) mass is 859 g/mol. The molecule has 0 radical (unpaired) electrons. The van der Waals surface area contributed by atoms with Gasteiger partial charge in [0, 0.05) is 0 Å². The fourth-order valence-corrected chi connectivity index (χ4v) is 14.1. The van der Waals surface area contributed by atoms with Gasteiger partial charge in [-0.15, -0.1) is 0 Å². The van der Waals surface area contributed by atoms with Crippen molar-refractivity contribution < 1.29 is 23.6 Å². The van der Waals surface area contributed by atoms with Gasteiger partial charge in [0.2, 0.25) is 0 Å². The summed E-state index contributed by atoms with van der Waals surface area (Å²) in [5.74, 6) is -1.06. The molecule has 0 saturated heterocycles. The fourth-order valence-electron chi connectivity index (χ4n) is 7.10. The number of hydrogen-bond donors (Lipinski definition) is 0. The van der Waals surface area contributed by atoms with Gasteiger partial charge in [-0.3, -0.25) is 0 Å². The maximum atomic E-state index is 13.4. The summed E-state index contributed by atoms with van der Waals surface area (Å²) in [6.07, 6.45) is 41.4. The molecule has 6 nitrogen and oxygen atoms in total. The summed E-state index contributed by atoms with van der Waals surface area (Å²) < 4.78 is 18.9. The van der Waals surface area contributed by atoms with Crippen molar-refractivity contribution >= 4 is 37.5 Å². The van der Waals surface area contributed by atoms with E-state index in [-0.39, 0.29) is 37.2 Å². The summed E-state index contributed by atoms with van der Waals surface area (Å²) in [5, 5.41) is 0. The third-order valence-corrected chi connectivity index (χ3v) is 18.0. The number of unbranched alkanes of at least 4 members (excludes halogenated alkanes) is 31. The van der Waals surface area contributed by atoms with Crippen LogP contribution in [0.2, 0.25) is 4.44 Å². The summed E-state index contributed by atoms with van der Waals surface area (Å²) in [6.45, 7) is 8.96. The Morgan fingerprint density at radius 2 is 0.472 bits per heavy atom. The standard InChI is InChI=1S/3C12H24O2.C10H21.Sn/c3*1-2-3-4-5-6-7-8-9-10-11-12(13)14;1-3-5-7-9-10-8-6-4-2;/h3*2-11H2,1H3,(H,13,14);1,3-10H2,2H3;/q;;;;+3/p-3. The predicted molar refractivity (Wildman–Crippen MR) is 227 cm³/mol. The molecule has 0 fully saturated rings. The Morgan fingerprint density at radius 3 is 0.698 bits per heavy atom. The normalized spacial score (nSPS) is 11.5. The quantitative estimate of drug-likeness (QED) is 0.0449. The molecule has 0 N–H and O–H groups in total. The van der Waals surface area contributed by atoms with E-state index in [2.05, 4.69) is 27.7 Å². The van der Waals surface area contributed by atoms with E-state index in [9.17, 15) is 14.4 Å². The van der Waals surface area contributed by atoms with E-state index in [1.165, 1.54) is 148 Å². The van der Waals surface area contributed by atoms with Gasteiger partial charge in [0.25, 0.3) is 0 Å². The van der Waals surface area contributed by atoms with Crippen LogP contribution in [0.5, 0.6) is 0 Å². The van der Waals surface area contributed by atoms with Crippen LogP contribution in [0.15, 0.2) is 0 Å². The first kappa shape index (κ1) is 52.2. The van der Waals surface area contributed by atoms with Crippen LogP contribution in [-0.4, -0.2) is 37.5 Å². The molecule has 0 heterocycles. The average Bonchev–Trinajstić information content (AvgIpc) is 3.13. The molecule has 0 unspecified atom stereocenters. The second-order valence-corrected chi connectivity index (χ2v) is 23.1. The van der Waals surface area contributed by atoms with Crippen LogP contribution >= 0.6 is 0 Å². The minimum atomic E-state index is -4.88. The van der Waals surface area contributed by atoms with Crippen LogP contribution in [-0.2, 0) is 23.6 Å². The smallest absolute Gasteiger partial charge is 0.0654 e. The molecule has 314 valence electrons. The van der Waals surface area contributed by atoms with Crippen LogP contribution in [0.25, 0.3) is 0 Å². The maximum absolute atomic E-state index is 13.4. The molecule has 0 aromatic heterocycles. The van der Waals surface area contributed by atoms with E-state index in [0.717, 1.165) is 77.0 Å². The van der Waals surface area contributed by atoms with Gasteiger partial charge in [-0.25, -0.2) is 0 Å². The Kier molecular flexibility index (Phi) is 40.2. The zero-order valence-corrected chi connectivity index (χ0v) is 38.9. The zero-order chi connectivity index (χ0) is 38.9. The molecule has 0 amide bonds. The topological polar surface area (TPSA) is 78.9 Å². The Labute approximate surface area is 335 Å². The first-order valence-corrected chi connectivity index (χ1v) is 29.1. The summed E-state index contributed by atoms with van der Waals surface area (Å²) >= 11 is -4.88. The fraction of sp³-hybridized carbons (Fsp3) is 0.935. The van der Waals surface area contributed by atoms with Crippen molar-refractivity contribution in [2.45, 2.75) is 276 Å².